The van der Waals surface area contributed by atoms with E-state index in [2.05, 4.69) is 10.3 Å². The Morgan fingerprint density at radius 2 is 2.06 bits per heavy atom. The van der Waals surface area contributed by atoms with Crippen LogP contribution in [-0.4, -0.2) is 28.0 Å². The van der Waals surface area contributed by atoms with E-state index >= 15 is 0 Å². The summed E-state index contributed by atoms with van der Waals surface area (Å²) >= 11 is 0. The molecule has 0 saturated heterocycles. The SMILES string of the molecule is Cc1[nH]c2ccccc2c1NC(=O)C(N)C(=O)O. The summed E-state index contributed by atoms with van der Waals surface area (Å²) in [6.07, 6.45) is 0. The van der Waals surface area contributed by atoms with Crippen LogP contribution in [0.2, 0.25) is 0 Å². The minimum atomic E-state index is -1.57. The van der Waals surface area contributed by atoms with Crippen LogP contribution in [0.15, 0.2) is 24.3 Å². The lowest BCUT2D eigenvalue weighted by molar-refractivity contribution is -0.141. The van der Waals surface area contributed by atoms with Gasteiger partial charge in [0.05, 0.1) is 5.69 Å². The number of aryl methyl sites for hydroxylation is 1. The highest BCUT2D eigenvalue weighted by Gasteiger charge is 2.22. The molecule has 0 fully saturated rings. The van der Waals surface area contributed by atoms with Crippen molar-refractivity contribution in [3.63, 3.8) is 0 Å². The molecular formula is C12H13N3O3. The lowest BCUT2D eigenvalue weighted by Crippen LogP contribution is -2.42. The van der Waals surface area contributed by atoms with Gasteiger partial charge in [-0.15, -0.1) is 0 Å². The molecule has 0 aliphatic carbocycles. The second kappa shape index (κ2) is 4.50. The third-order valence-corrected chi connectivity index (χ3v) is 2.69. The van der Waals surface area contributed by atoms with Gasteiger partial charge in [-0.2, -0.15) is 0 Å². The van der Waals surface area contributed by atoms with Crippen LogP contribution in [0, 0.1) is 6.92 Å². The molecule has 0 radical (unpaired) electrons. The average Bonchev–Trinajstić information content (AvgIpc) is 2.65. The van der Waals surface area contributed by atoms with E-state index in [1.165, 1.54) is 0 Å². The summed E-state index contributed by atoms with van der Waals surface area (Å²) < 4.78 is 0. The van der Waals surface area contributed by atoms with E-state index in [1.54, 1.807) is 6.92 Å². The smallest absolute Gasteiger partial charge is 0.330 e. The number of fused-ring (bicyclic) bond motifs is 1. The summed E-state index contributed by atoms with van der Waals surface area (Å²) in [6.45, 7) is 1.79. The van der Waals surface area contributed by atoms with Crippen molar-refractivity contribution in [2.24, 2.45) is 5.73 Å². The number of hydrogen-bond acceptors (Lipinski definition) is 3. The number of hydrogen-bond donors (Lipinski definition) is 4. The first-order chi connectivity index (χ1) is 8.50. The van der Waals surface area contributed by atoms with Crippen molar-refractivity contribution in [1.82, 2.24) is 4.98 Å². The van der Waals surface area contributed by atoms with Crippen molar-refractivity contribution < 1.29 is 14.7 Å². The Bertz CT molecular complexity index is 618. The van der Waals surface area contributed by atoms with E-state index in [0.29, 0.717) is 5.69 Å². The summed E-state index contributed by atoms with van der Waals surface area (Å²) in [5.74, 6) is -2.10. The van der Waals surface area contributed by atoms with Crippen LogP contribution >= 0.6 is 0 Å². The number of nitrogens with two attached hydrogens (primary N) is 1. The van der Waals surface area contributed by atoms with Gasteiger partial charge in [-0.1, -0.05) is 18.2 Å². The summed E-state index contributed by atoms with van der Waals surface area (Å²) in [4.78, 5) is 25.3. The van der Waals surface area contributed by atoms with Gasteiger partial charge in [0.25, 0.3) is 5.91 Å². The normalized spacial score (nSPS) is 12.3. The van der Waals surface area contributed by atoms with Gasteiger partial charge < -0.3 is 21.1 Å². The molecule has 0 aliphatic heterocycles. The van der Waals surface area contributed by atoms with Crippen LogP contribution in [-0.2, 0) is 9.59 Å². The molecule has 1 unspecified atom stereocenters. The van der Waals surface area contributed by atoms with Gasteiger partial charge in [-0.05, 0) is 13.0 Å². The summed E-state index contributed by atoms with van der Waals surface area (Å²) in [7, 11) is 0. The Morgan fingerprint density at radius 3 is 2.72 bits per heavy atom. The van der Waals surface area contributed by atoms with E-state index in [1.807, 2.05) is 24.3 Å². The van der Waals surface area contributed by atoms with Crippen molar-refractivity contribution in [3.8, 4) is 0 Å². The first-order valence-electron chi connectivity index (χ1n) is 5.37. The monoisotopic (exact) mass is 247 g/mol. The van der Waals surface area contributed by atoms with Crippen LogP contribution in [0.4, 0.5) is 5.69 Å². The molecule has 1 heterocycles. The molecule has 6 nitrogen and oxygen atoms in total. The Morgan fingerprint density at radius 1 is 1.39 bits per heavy atom. The lowest BCUT2D eigenvalue weighted by atomic mass is 10.2. The van der Waals surface area contributed by atoms with E-state index in [9.17, 15) is 9.59 Å². The molecule has 1 atom stereocenters. The van der Waals surface area contributed by atoms with Gasteiger partial charge in [0.1, 0.15) is 0 Å². The van der Waals surface area contributed by atoms with E-state index in [4.69, 9.17) is 10.8 Å². The minimum absolute atomic E-state index is 0.562. The van der Waals surface area contributed by atoms with Crippen molar-refractivity contribution in [3.05, 3.63) is 30.0 Å². The van der Waals surface area contributed by atoms with Crippen molar-refractivity contribution in [2.75, 3.05) is 5.32 Å². The number of benzene rings is 1. The molecule has 1 amide bonds. The molecular weight excluding hydrogens is 234 g/mol. The third kappa shape index (κ3) is 2.05. The predicted molar refractivity (Wildman–Crippen MR) is 67.3 cm³/mol. The van der Waals surface area contributed by atoms with Crippen LogP contribution in [0.25, 0.3) is 10.9 Å². The number of amides is 1. The van der Waals surface area contributed by atoms with Crippen LogP contribution < -0.4 is 11.1 Å². The third-order valence-electron chi connectivity index (χ3n) is 2.69. The number of aromatic nitrogens is 1. The van der Waals surface area contributed by atoms with Crippen LogP contribution in [0.1, 0.15) is 5.69 Å². The van der Waals surface area contributed by atoms with E-state index < -0.39 is 17.9 Å². The number of nitrogens with one attached hydrogen (secondary N) is 2. The number of carbonyl (C=O) groups is 2. The van der Waals surface area contributed by atoms with Crippen molar-refractivity contribution >= 4 is 28.5 Å². The molecule has 0 saturated carbocycles. The summed E-state index contributed by atoms with van der Waals surface area (Å²) in [6, 6.07) is 5.84. The number of para-hydroxylation sites is 1. The summed E-state index contributed by atoms with van der Waals surface area (Å²) in [5.41, 5.74) is 7.43. The van der Waals surface area contributed by atoms with Crippen molar-refractivity contribution in [1.29, 1.82) is 0 Å². The molecule has 0 spiro atoms. The zero-order valence-electron chi connectivity index (χ0n) is 9.73. The number of anilines is 1. The number of aromatic amines is 1. The number of rotatable bonds is 3. The maximum Gasteiger partial charge on any atom is 0.330 e. The number of carbonyl (C=O) groups excluding carboxylic acids is 1. The second-order valence-electron chi connectivity index (χ2n) is 3.98. The van der Waals surface area contributed by atoms with Gasteiger partial charge in [-0.25, -0.2) is 4.79 Å². The first-order valence-corrected chi connectivity index (χ1v) is 5.37. The topological polar surface area (TPSA) is 108 Å². The maximum absolute atomic E-state index is 11.6. The Balaban J connectivity index is 2.35. The molecule has 2 rings (SSSR count). The van der Waals surface area contributed by atoms with Gasteiger partial charge in [0.2, 0.25) is 0 Å². The molecule has 0 aliphatic rings. The summed E-state index contributed by atoms with van der Waals surface area (Å²) in [5, 5.41) is 12.0. The Labute approximate surface area is 103 Å². The van der Waals surface area contributed by atoms with Gasteiger partial charge in [0, 0.05) is 16.6 Å². The van der Waals surface area contributed by atoms with Gasteiger partial charge in [0.15, 0.2) is 6.04 Å². The molecule has 1 aromatic carbocycles. The number of carboxylic acids is 1. The predicted octanol–water partition coefficient (Wildman–Crippen LogP) is 0.827. The maximum atomic E-state index is 11.6. The standard InChI is InChI=1S/C12H13N3O3/c1-6-10(15-11(16)9(13)12(17)18)7-4-2-3-5-8(7)14-6/h2-5,9,14H,13H2,1H3,(H,15,16)(H,17,18). The molecule has 2 aromatic rings. The minimum Gasteiger partial charge on any atom is -0.480 e. The van der Waals surface area contributed by atoms with Gasteiger partial charge >= 0.3 is 5.97 Å². The lowest BCUT2D eigenvalue weighted by Gasteiger charge is -2.08. The molecule has 1 aromatic heterocycles. The highest BCUT2D eigenvalue weighted by Crippen LogP contribution is 2.26. The second-order valence-corrected chi connectivity index (χ2v) is 3.98. The Hall–Kier alpha value is -2.34. The zero-order valence-corrected chi connectivity index (χ0v) is 9.73. The highest BCUT2D eigenvalue weighted by molar-refractivity contribution is 6.11. The fourth-order valence-electron chi connectivity index (χ4n) is 1.75. The highest BCUT2D eigenvalue weighted by atomic mass is 16.4. The zero-order chi connectivity index (χ0) is 13.3. The first kappa shape index (κ1) is 12.1. The molecule has 0 bridgehead atoms. The van der Waals surface area contributed by atoms with E-state index in [-0.39, 0.29) is 0 Å². The van der Waals surface area contributed by atoms with Crippen LogP contribution in [0.5, 0.6) is 0 Å². The number of H-pyrrole nitrogens is 1. The van der Waals surface area contributed by atoms with E-state index in [0.717, 1.165) is 16.6 Å². The Kier molecular flexibility index (Phi) is 3.03. The van der Waals surface area contributed by atoms with Crippen molar-refractivity contribution in [2.45, 2.75) is 13.0 Å². The molecule has 94 valence electrons. The molecule has 6 heteroatoms. The molecule has 18 heavy (non-hydrogen) atoms. The number of aliphatic carboxylic acids is 1. The fraction of sp³-hybridized carbons (Fsp3) is 0.167. The fourth-order valence-corrected chi connectivity index (χ4v) is 1.75. The molecule has 5 N–H and O–H groups in total. The van der Waals surface area contributed by atoms with Crippen LogP contribution in [0.3, 0.4) is 0 Å². The number of carboxylic acid groups (broad SMARTS) is 1. The van der Waals surface area contributed by atoms with Gasteiger partial charge in [-0.3, -0.25) is 4.79 Å². The average molecular weight is 247 g/mol. The largest absolute Gasteiger partial charge is 0.480 e. The quantitative estimate of drug-likeness (QED) is 0.602.